The highest BCUT2D eigenvalue weighted by molar-refractivity contribution is 5.44. The molecule has 0 saturated carbocycles. The Morgan fingerprint density at radius 3 is 2.60 bits per heavy atom. The number of hydrogen-bond donors (Lipinski definition) is 0. The third kappa shape index (κ3) is 3.27. The summed E-state index contributed by atoms with van der Waals surface area (Å²) in [5, 5.41) is 8.94. The lowest BCUT2D eigenvalue weighted by Crippen LogP contribution is -1.99. The van der Waals surface area contributed by atoms with Gasteiger partial charge in [-0.1, -0.05) is 6.07 Å². The lowest BCUT2D eigenvalue weighted by atomic mass is 10.1. The Bertz CT molecular complexity index is 662. The molecule has 0 heterocycles. The second-order valence-electron chi connectivity index (χ2n) is 4.37. The first-order valence-electron chi connectivity index (χ1n) is 6.09. The number of rotatable bonds is 4. The summed E-state index contributed by atoms with van der Waals surface area (Å²) in [4.78, 5) is 0. The van der Waals surface area contributed by atoms with Crippen molar-refractivity contribution in [3.63, 3.8) is 0 Å². The van der Waals surface area contributed by atoms with Crippen LogP contribution >= 0.6 is 0 Å². The van der Waals surface area contributed by atoms with Gasteiger partial charge in [0.15, 0.2) is 0 Å². The predicted octanol–water partition coefficient (Wildman–Crippen LogP) is 3.59. The van der Waals surface area contributed by atoms with Gasteiger partial charge in [0, 0.05) is 6.07 Å². The molecule has 0 aliphatic heterocycles. The van der Waals surface area contributed by atoms with Crippen molar-refractivity contribution in [1.82, 2.24) is 0 Å². The molecule has 0 saturated heterocycles. The molecule has 0 fully saturated rings. The summed E-state index contributed by atoms with van der Waals surface area (Å²) in [6.45, 7) is 2.13. The van der Waals surface area contributed by atoms with Crippen LogP contribution in [-0.2, 0) is 6.61 Å². The van der Waals surface area contributed by atoms with Gasteiger partial charge < -0.3 is 9.47 Å². The predicted molar refractivity (Wildman–Crippen MR) is 73.2 cm³/mol. The number of hydrogen-bond acceptors (Lipinski definition) is 3. The molecule has 2 aromatic rings. The van der Waals surface area contributed by atoms with Crippen molar-refractivity contribution in [2.45, 2.75) is 13.5 Å². The third-order valence-corrected chi connectivity index (χ3v) is 2.95. The quantitative estimate of drug-likeness (QED) is 0.853. The Kier molecular flexibility index (Phi) is 4.21. The molecule has 0 unspecified atom stereocenters. The van der Waals surface area contributed by atoms with Gasteiger partial charge in [-0.15, -0.1) is 0 Å². The summed E-state index contributed by atoms with van der Waals surface area (Å²) in [5.41, 5.74) is 2.18. The van der Waals surface area contributed by atoms with Gasteiger partial charge in [0.1, 0.15) is 23.9 Å². The molecular weight excluding hydrogens is 257 g/mol. The third-order valence-electron chi connectivity index (χ3n) is 2.95. The molecule has 0 aliphatic rings. The van der Waals surface area contributed by atoms with Crippen LogP contribution in [0, 0.1) is 24.1 Å². The number of nitriles is 1. The smallest absolute Gasteiger partial charge is 0.124 e. The van der Waals surface area contributed by atoms with E-state index in [1.165, 1.54) is 19.2 Å². The molecule has 0 atom stereocenters. The van der Waals surface area contributed by atoms with Crippen LogP contribution in [-0.4, -0.2) is 7.11 Å². The summed E-state index contributed by atoms with van der Waals surface area (Å²) in [6.07, 6.45) is 0. The van der Waals surface area contributed by atoms with Crippen molar-refractivity contribution in [2.24, 2.45) is 0 Å². The SMILES string of the molecule is COc1cc(C#N)cc(OCc2cc(F)ccc2C)c1. The lowest BCUT2D eigenvalue weighted by Gasteiger charge is -2.10. The van der Waals surface area contributed by atoms with Gasteiger partial charge in [-0.05, 0) is 42.3 Å². The van der Waals surface area contributed by atoms with Crippen LogP contribution in [0.1, 0.15) is 16.7 Å². The maximum absolute atomic E-state index is 13.2. The number of ether oxygens (including phenoxy) is 2. The maximum Gasteiger partial charge on any atom is 0.124 e. The molecule has 2 rings (SSSR count). The number of benzene rings is 2. The van der Waals surface area contributed by atoms with E-state index >= 15 is 0 Å². The standard InChI is InChI=1S/C16H14FNO2/c1-11-3-4-14(17)7-13(11)10-20-16-6-12(9-18)5-15(8-16)19-2/h3-8H,10H2,1-2H3. The van der Waals surface area contributed by atoms with E-state index in [1.807, 2.05) is 13.0 Å². The van der Waals surface area contributed by atoms with Crippen molar-refractivity contribution in [1.29, 1.82) is 5.26 Å². The summed E-state index contributed by atoms with van der Waals surface area (Å²) in [6, 6.07) is 11.5. The minimum absolute atomic E-state index is 0.238. The molecule has 0 bridgehead atoms. The van der Waals surface area contributed by atoms with Gasteiger partial charge in [-0.25, -0.2) is 4.39 Å². The van der Waals surface area contributed by atoms with Crippen LogP contribution in [0.15, 0.2) is 36.4 Å². The van der Waals surface area contributed by atoms with E-state index in [2.05, 4.69) is 0 Å². The Morgan fingerprint density at radius 1 is 1.15 bits per heavy atom. The highest BCUT2D eigenvalue weighted by Crippen LogP contribution is 2.23. The molecule has 4 heteroatoms. The minimum Gasteiger partial charge on any atom is -0.497 e. The molecule has 0 amide bonds. The van der Waals surface area contributed by atoms with E-state index in [1.54, 1.807) is 24.3 Å². The zero-order valence-electron chi connectivity index (χ0n) is 11.3. The number of methoxy groups -OCH3 is 1. The largest absolute Gasteiger partial charge is 0.497 e. The van der Waals surface area contributed by atoms with Crippen molar-refractivity contribution in [3.8, 4) is 17.6 Å². The first-order chi connectivity index (χ1) is 9.62. The first-order valence-corrected chi connectivity index (χ1v) is 6.09. The van der Waals surface area contributed by atoms with Crippen LogP contribution in [0.25, 0.3) is 0 Å². The van der Waals surface area contributed by atoms with E-state index in [-0.39, 0.29) is 12.4 Å². The highest BCUT2D eigenvalue weighted by Gasteiger charge is 2.05. The molecule has 0 aromatic heterocycles. The Labute approximate surface area is 117 Å². The van der Waals surface area contributed by atoms with Gasteiger partial charge in [-0.3, -0.25) is 0 Å². The van der Waals surface area contributed by atoms with Crippen molar-refractivity contribution >= 4 is 0 Å². The van der Waals surface area contributed by atoms with E-state index in [4.69, 9.17) is 14.7 Å². The van der Waals surface area contributed by atoms with Crippen molar-refractivity contribution in [3.05, 3.63) is 58.9 Å². The lowest BCUT2D eigenvalue weighted by molar-refractivity contribution is 0.302. The second-order valence-corrected chi connectivity index (χ2v) is 4.37. The van der Waals surface area contributed by atoms with E-state index in [0.717, 1.165) is 11.1 Å². The second kappa shape index (κ2) is 6.07. The molecule has 2 aromatic carbocycles. The van der Waals surface area contributed by atoms with Gasteiger partial charge in [0.25, 0.3) is 0 Å². The van der Waals surface area contributed by atoms with Crippen LogP contribution in [0.4, 0.5) is 4.39 Å². The van der Waals surface area contributed by atoms with E-state index in [9.17, 15) is 4.39 Å². The maximum atomic E-state index is 13.2. The van der Waals surface area contributed by atoms with E-state index < -0.39 is 0 Å². The summed E-state index contributed by atoms with van der Waals surface area (Å²) >= 11 is 0. The number of nitrogens with zero attached hydrogens (tertiary/aromatic N) is 1. The van der Waals surface area contributed by atoms with Crippen LogP contribution in [0.5, 0.6) is 11.5 Å². The summed E-state index contributed by atoms with van der Waals surface area (Å²) < 4.78 is 23.9. The van der Waals surface area contributed by atoms with Crippen LogP contribution < -0.4 is 9.47 Å². The fourth-order valence-corrected chi connectivity index (χ4v) is 1.79. The molecule has 0 N–H and O–H groups in total. The van der Waals surface area contributed by atoms with Gasteiger partial charge in [-0.2, -0.15) is 5.26 Å². The monoisotopic (exact) mass is 271 g/mol. The minimum atomic E-state index is -0.294. The fourth-order valence-electron chi connectivity index (χ4n) is 1.79. The summed E-state index contributed by atoms with van der Waals surface area (Å²) in [7, 11) is 1.52. The zero-order chi connectivity index (χ0) is 14.5. The van der Waals surface area contributed by atoms with Crippen molar-refractivity contribution in [2.75, 3.05) is 7.11 Å². The average molecular weight is 271 g/mol. The van der Waals surface area contributed by atoms with Gasteiger partial charge in [0.05, 0.1) is 18.7 Å². The molecule has 0 aliphatic carbocycles. The molecule has 0 radical (unpaired) electrons. The Balaban J connectivity index is 2.18. The zero-order valence-corrected chi connectivity index (χ0v) is 11.3. The molecule has 0 spiro atoms. The van der Waals surface area contributed by atoms with Gasteiger partial charge >= 0.3 is 0 Å². The Morgan fingerprint density at radius 2 is 1.90 bits per heavy atom. The summed E-state index contributed by atoms with van der Waals surface area (Å²) in [5.74, 6) is 0.775. The van der Waals surface area contributed by atoms with Crippen LogP contribution in [0.2, 0.25) is 0 Å². The molecule has 102 valence electrons. The van der Waals surface area contributed by atoms with Gasteiger partial charge in [0.2, 0.25) is 0 Å². The first kappa shape index (κ1) is 13.9. The Hall–Kier alpha value is -2.54. The van der Waals surface area contributed by atoms with Crippen LogP contribution in [0.3, 0.4) is 0 Å². The molecule has 3 nitrogen and oxygen atoms in total. The highest BCUT2D eigenvalue weighted by atomic mass is 19.1. The number of halogens is 1. The van der Waals surface area contributed by atoms with E-state index in [0.29, 0.717) is 17.1 Å². The topological polar surface area (TPSA) is 42.2 Å². The van der Waals surface area contributed by atoms with Crippen molar-refractivity contribution < 1.29 is 13.9 Å². The molecular formula is C16H14FNO2. The average Bonchev–Trinajstić information content (AvgIpc) is 2.47. The number of aryl methyl sites for hydroxylation is 1. The fraction of sp³-hybridized carbons (Fsp3) is 0.188. The molecule has 20 heavy (non-hydrogen) atoms. The normalized spacial score (nSPS) is 9.90.